The fourth-order valence-electron chi connectivity index (χ4n) is 2.76. The number of likely N-dealkylation sites (tertiary alicyclic amines) is 1. The number of hydrogen-bond acceptors (Lipinski definition) is 3. The van der Waals surface area contributed by atoms with Gasteiger partial charge in [-0.1, -0.05) is 24.3 Å². The van der Waals surface area contributed by atoms with Crippen molar-refractivity contribution in [3.63, 3.8) is 0 Å². The number of carbonyl (C=O) groups excluding carboxylic acids is 1. The summed E-state index contributed by atoms with van der Waals surface area (Å²) in [4.78, 5) is 17.5. The number of nitrogens with zero attached hydrogens (tertiary/aromatic N) is 2. The third-order valence-electron chi connectivity index (χ3n) is 3.80. The zero-order valence-electron chi connectivity index (χ0n) is 11.8. The Morgan fingerprint density at radius 1 is 1.14 bits per heavy atom. The summed E-state index contributed by atoms with van der Waals surface area (Å²) in [7, 11) is 0. The van der Waals surface area contributed by atoms with Crippen LogP contribution in [-0.2, 0) is 4.79 Å². The van der Waals surface area contributed by atoms with Crippen LogP contribution in [0.1, 0.15) is 30.9 Å². The Bertz CT molecular complexity index is 601. The average Bonchev–Trinajstić information content (AvgIpc) is 2.56. The summed E-state index contributed by atoms with van der Waals surface area (Å²) in [6.45, 7) is 0.799. The van der Waals surface area contributed by atoms with Gasteiger partial charge in [-0.15, -0.1) is 0 Å². The van der Waals surface area contributed by atoms with Gasteiger partial charge in [0.1, 0.15) is 5.75 Å². The number of benzene rings is 1. The number of amides is 1. The number of carbonyl (C=O) groups is 1. The molecule has 2 aromatic rings. The predicted molar refractivity (Wildman–Crippen MR) is 80.1 cm³/mol. The summed E-state index contributed by atoms with van der Waals surface area (Å²) in [5.41, 5.74) is 0.980. The Kier molecular flexibility index (Phi) is 4.15. The lowest BCUT2D eigenvalue weighted by Gasteiger charge is -2.33. The Balaban J connectivity index is 1.90. The molecule has 1 aliphatic rings. The second-order valence-electron chi connectivity index (χ2n) is 5.17. The normalized spacial score (nSPS) is 18.3. The molecule has 1 aromatic carbocycles. The van der Waals surface area contributed by atoms with Crippen LogP contribution in [0.15, 0.2) is 48.7 Å². The molecule has 4 nitrogen and oxygen atoms in total. The first-order valence-electron chi connectivity index (χ1n) is 7.27. The largest absolute Gasteiger partial charge is 0.439 e. The first-order valence-corrected chi connectivity index (χ1v) is 7.27. The maximum absolute atomic E-state index is 11.3. The standard InChI is InChI=1S/C17H18N2O2/c20-13-19-12-5-4-10-16(19)15-9-6-11-18-17(15)21-14-7-2-1-3-8-14/h1-3,6-9,11,13,16H,4-5,10,12H2. The van der Waals surface area contributed by atoms with E-state index >= 15 is 0 Å². The van der Waals surface area contributed by atoms with Crippen molar-refractivity contribution in [1.82, 2.24) is 9.88 Å². The van der Waals surface area contributed by atoms with Gasteiger partial charge in [0.05, 0.1) is 6.04 Å². The third-order valence-corrected chi connectivity index (χ3v) is 3.80. The highest BCUT2D eigenvalue weighted by molar-refractivity contribution is 5.50. The third kappa shape index (κ3) is 3.05. The molecule has 1 aromatic heterocycles. The van der Waals surface area contributed by atoms with Gasteiger partial charge < -0.3 is 9.64 Å². The van der Waals surface area contributed by atoms with Crippen molar-refractivity contribution in [2.45, 2.75) is 25.3 Å². The van der Waals surface area contributed by atoms with Gasteiger partial charge in [-0.2, -0.15) is 0 Å². The van der Waals surface area contributed by atoms with Crippen LogP contribution in [0.5, 0.6) is 11.6 Å². The molecule has 0 saturated carbocycles. The van der Waals surface area contributed by atoms with Crippen molar-refractivity contribution in [1.29, 1.82) is 0 Å². The van der Waals surface area contributed by atoms with Gasteiger partial charge in [-0.05, 0) is 37.5 Å². The first-order chi connectivity index (χ1) is 10.4. The number of rotatable bonds is 4. The monoisotopic (exact) mass is 282 g/mol. The lowest BCUT2D eigenvalue weighted by Crippen LogP contribution is -2.32. The van der Waals surface area contributed by atoms with Crippen molar-refractivity contribution in [3.8, 4) is 11.6 Å². The second kappa shape index (κ2) is 6.39. The molecule has 1 atom stereocenters. The maximum atomic E-state index is 11.3. The lowest BCUT2D eigenvalue weighted by atomic mass is 9.96. The molecule has 1 amide bonds. The minimum atomic E-state index is 0.0589. The molecule has 21 heavy (non-hydrogen) atoms. The first kappa shape index (κ1) is 13.6. The Morgan fingerprint density at radius 2 is 2.00 bits per heavy atom. The molecule has 3 rings (SSSR count). The minimum absolute atomic E-state index is 0.0589. The van der Waals surface area contributed by atoms with E-state index in [0.717, 1.165) is 43.5 Å². The van der Waals surface area contributed by atoms with E-state index in [1.54, 1.807) is 6.20 Å². The number of piperidine rings is 1. The van der Waals surface area contributed by atoms with Gasteiger partial charge in [0.25, 0.3) is 0 Å². The Hall–Kier alpha value is -2.36. The molecule has 1 fully saturated rings. The van der Waals surface area contributed by atoms with Gasteiger partial charge in [0, 0.05) is 18.3 Å². The van der Waals surface area contributed by atoms with Gasteiger partial charge in [0.15, 0.2) is 0 Å². The van der Waals surface area contributed by atoms with Crippen LogP contribution < -0.4 is 4.74 Å². The van der Waals surface area contributed by atoms with Crippen molar-refractivity contribution in [2.24, 2.45) is 0 Å². The fraction of sp³-hybridized carbons (Fsp3) is 0.294. The SMILES string of the molecule is O=CN1CCCCC1c1cccnc1Oc1ccccc1. The van der Waals surface area contributed by atoms with E-state index in [1.807, 2.05) is 47.4 Å². The van der Waals surface area contributed by atoms with Crippen LogP contribution in [-0.4, -0.2) is 22.8 Å². The van der Waals surface area contributed by atoms with E-state index in [2.05, 4.69) is 4.98 Å². The van der Waals surface area contributed by atoms with Crippen molar-refractivity contribution in [2.75, 3.05) is 6.54 Å². The van der Waals surface area contributed by atoms with E-state index in [1.165, 1.54) is 0 Å². The van der Waals surface area contributed by atoms with Crippen molar-refractivity contribution < 1.29 is 9.53 Å². The molecule has 1 aliphatic heterocycles. The number of pyridine rings is 1. The maximum Gasteiger partial charge on any atom is 0.224 e. The van der Waals surface area contributed by atoms with Gasteiger partial charge in [-0.3, -0.25) is 4.79 Å². The average molecular weight is 282 g/mol. The summed E-state index contributed by atoms with van der Waals surface area (Å²) in [6, 6.07) is 13.5. The molecule has 2 heterocycles. The molecule has 1 saturated heterocycles. The highest BCUT2D eigenvalue weighted by Crippen LogP contribution is 2.35. The fourth-order valence-corrected chi connectivity index (χ4v) is 2.76. The van der Waals surface area contributed by atoms with Crippen LogP contribution in [0.4, 0.5) is 0 Å². The van der Waals surface area contributed by atoms with Crippen LogP contribution >= 0.6 is 0 Å². The summed E-state index contributed by atoms with van der Waals surface area (Å²) in [5, 5.41) is 0. The van der Waals surface area contributed by atoms with Crippen molar-refractivity contribution >= 4 is 6.41 Å². The predicted octanol–water partition coefficient (Wildman–Crippen LogP) is 3.56. The molecule has 1 unspecified atom stereocenters. The Morgan fingerprint density at radius 3 is 2.81 bits per heavy atom. The highest BCUT2D eigenvalue weighted by Gasteiger charge is 2.26. The molecule has 108 valence electrons. The summed E-state index contributed by atoms with van der Waals surface area (Å²) in [5.74, 6) is 1.34. The number of hydrogen-bond donors (Lipinski definition) is 0. The Labute approximate surface area is 124 Å². The van der Waals surface area contributed by atoms with Gasteiger partial charge in [-0.25, -0.2) is 4.98 Å². The van der Waals surface area contributed by atoms with E-state index in [-0.39, 0.29) is 6.04 Å². The molecule has 0 bridgehead atoms. The van der Waals surface area contributed by atoms with Gasteiger partial charge >= 0.3 is 0 Å². The second-order valence-corrected chi connectivity index (χ2v) is 5.17. The van der Waals surface area contributed by atoms with E-state index in [9.17, 15) is 4.79 Å². The number of para-hydroxylation sites is 1. The minimum Gasteiger partial charge on any atom is -0.439 e. The molecular formula is C17H18N2O2. The number of aromatic nitrogens is 1. The molecule has 0 spiro atoms. The lowest BCUT2D eigenvalue weighted by molar-refractivity contribution is -0.121. The highest BCUT2D eigenvalue weighted by atomic mass is 16.5. The smallest absolute Gasteiger partial charge is 0.224 e. The van der Waals surface area contributed by atoms with E-state index in [4.69, 9.17) is 4.74 Å². The van der Waals surface area contributed by atoms with E-state index < -0.39 is 0 Å². The van der Waals surface area contributed by atoms with Crippen LogP contribution in [0, 0.1) is 0 Å². The topological polar surface area (TPSA) is 42.4 Å². The molecular weight excluding hydrogens is 264 g/mol. The zero-order chi connectivity index (χ0) is 14.5. The number of ether oxygens (including phenoxy) is 1. The van der Waals surface area contributed by atoms with Crippen molar-refractivity contribution in [3.05, 3.63) is 54.2 Å². The zero-order valence-corrected chi connectivity index (χ0v) is 11.8. The van der Waals surface area contributed by atoms with Gasteiger partial charge in [0.2, 0.25) is 12.3 Å². The van der Waals surface area contributed by atoms with Crippen LogP contribution in [0.25, 0.3) is 0 Å². The molecule has 0 radical (unpaired) electrons. The van der Waals surface area contributed by atoms with Crippen LogP contribution in [0.3, 0.4) is 0 Å². The molecule has 0 aliphatic carbocycles. The quantitative estimate of drug-likeness (QED) is 0.805. The summed E-state index contributed by atoms with van der Waals surface area (Å²) < 4.78 is 5.90. The molecule has 4 heteroatoms. The molecule has 0 N–H and O–H groups in total. The summed E-state index contributed by atoms with van der Waals surface area (Å²) in [6.07, 6.45) is 5.79. The summed E-state index contributed by atoms with van der Waals surface area (Å²) >= 11 is 0. The van der Waals surface area contributed by atoms with E-state index in [0.29, 0.717) is 5.88 Å². The van der Waals surface area contributed by atoms with Crippen LogP contribution in [0.2, 0.25) is 0 Å².